The summed E-state index contributed by atoms with van der Waals surface area (Å²) in [6.45, 7) is 2.54. The summed E-state index contributed by atoms with van der Waals surface area (Å²) in [6.07, 6.45) is 1.57. The van der Waals surface area contributed by atoms with E-state index < -0.39 is 10.8 Å². The van der Waals surface area contributed by atoms with E-state index in [4.69, 9.17) is 15.2 Å². The lowest BCUT2D eigenvalue weighted by Crippen LogP contribution is -2.07. The summed E-state index contributed by atoms with van der Waals surface area (Å²) in [5, 5.41) is 0. The molecule has 0 spiro atoms. The van der Waals surface area contributed by atoms with Gasteiger partial charge in [-0.05, 0) is 31.0 Å². The van der Waals surface area contributed by atoms with Crippen molar-refractivity contribution in [2.75, 3.05) is 26.5 Å². The summed E-state index contributed by atoms with van der Waals surface area (Å²) in [4.78, 5) is 0.692. The minimum absolute atomic E-state index is 0.539. The topological polar surface area (TPSA) is 61.5 Å². The van der Waals surface area contributed by atoms with Crippen LogP contribution in [0.4, 0.5) is 0 Å². The molecule has 0 aromatic heterocycles. The van der Waals surface area contributed by atoms with E-state index in [0.717, 1.165) is 17.7 Å². The first-order valence-corrected chi connectivity index (χ1v) is 7.33. The molecular formula is C13H21NO3S. The first kappa shape index (κ1) is 15.0. The maximum atomic E-state index is 12.1. The van der Waals surface area contributed by atoms with Gasteiger partial charge >= 0.3 is 0 Å². The van der Waals surface area contributed by atoms with Crippen molar-refractivity contribution >= 4 is 10.8 Å². The van der Waals surface area contributed by atoms with Crippen LogP contribution in [0.5, 0.6) is 11.5 Å². The Hall–Kier alpha value is -1.07. The zero-order valence-electron chi connectivity index (χ0n) is 11.2. The standard InChI is InChI=1S/C13H21NO3S/c1-4-7-18(15)13-9-11(16-2)10(5-6-14)8-12(13)17-3/h8-9H,4-7,14H2,1-3H3. The van der Waals surface area contributed by atoms with Crippen molar-refractivity contribution in [3.05, 3.63) is 17.7 Å². The average molecular weight is 271 g/mol. The molecule has 2 N–H and O–H groups in total. The molecule has 0 saturated carbocycles. The average Bonchev–Trinajstić information content (AvgIpc) is 2.38. The van der Waals surface area contributed by atoms with Gasteiger partial charge in [0.25, 0.3) is 0 Å². The molecule has 0 aliphatic heterocycles. The minimum atomic E-state index is -1.06. The zero-order chi connectivity index (χ0) is 13.5. The van der Waals surface area contributed by atoms with E-state index in [-0.39, 0.29) is 0 Å². The molecule has 102 valence electrons. The van der Waals surface area contributed by atoms with Crippen molar-refractivity contribution in [1.29, 1.82) is 0 Å². The summed E-state index contributed by atoms with van der Waals surface area (Å²) < 4.78 is 22.7. The highest BCUT2D eigenvalue weighted by molar-refractivity contribution is 7.85. The van der Waals surface area contributed by atoms with Gasteiger partial charge in [-0.1, -0.05) is 6.92 Å². The van der Waals surface area contributed by atoms with Crippen LogP contribution in [0.25, 0.3) is 0 Å². The van der Waals surface area contributed by atoms with E-state index >= 15 is 0 Å². The molecule has 0 aliphatic rings. The van der Waals surface area contributed by atoms with E-state index in [0.29, 0.717) is 29.4 Å². The monoisotopic (exact) mass is 271 g/mol. The summed E-state index contributed by atoms with van der Waals surface area (Å²) in [5.41, 5.74) is 6.55. The smallest absolute Gasteiger partial charge is 0.135 e. The van der Waals surface area contributed by atoms with Gasteiger partial charge < -0.3 is 15.2 Å². The van der Waals surface area contributed by atoms with Gasteiger partial charge in [-0.3, -0.25) is 4.21 Å². The second kappa shape index (κ2) is 7.38. The van der Waals surface area contributed by atoms with Crippen LogP contribution >= 0.6 is 0 Å². The highest BCUT2D eigenvalue weighted by Gasteiger charge is 2.15. The van der Waals surface area contributed by atoms with Crippen LogP contribution in [-0.2, 0) is 17.2 Å². The van der Waals surface area contributed by atoms with Crippen molar-refractivity contribution < 1.29 is 13.7 Å². The first-order valence-electron chi connectivity index (χ1n) is 6.01. The Balaban J connectivity index is 3.21. The first-order chi connectivity index (χ1) is 8.67. The number of rotatable bonds is 7. The third kappa shape index (κ3) is 3.46. The van der Waals surface area contributed by atoms with Crippen molar-refractivity contribution in [3.8, 4) is 11.5 Å². The number of nitrogens with two attached hydrogens (primary N) is 1. The Morgan fingerprint density at radius 1 is 1.22 bits per heavy atom. The normalized spacial score (nSPS) is 12.2. The van der Waals surface area contributed by atoms with Crippen LogP contribution in [0.1, 0.15) is 18.9 Å². The lowest BCUT2D eigenvalue weighted by atomic mass is 10.1. The molecule has 0 radical (unpaired) electrons. The van der Waals surface area contributed by atoms with Gasteiger partial charge in [-0.2, -0.15) is 0 Å². The maximum absolute atomic E-state index is 12.1. The zero-order valence-corrected chi connectivity index (χ0v) is 12.0. The number of ether oxygens (including phenoxy) is 2. The molecule has 0 aliphatic carbocycles. The molecule has 1 unspecified atom stereocenters. The third-order valence-corrected chi connectivity index (χ3v) is 4.20. The molecule has 1 rings (SSSR count). The quantitative estimate of drug-likeness (QED) is 0.820. The fraction of sp³-hybridized carbons (Fsp3) is 0.538. The number of methoxy groups -OCH3 is 2. The second-order valence-electron chi connectivity index (χ2n) is 3.90. The summed E-state index contributed by atoms with van der Waals surface area (Å²) >= 11 is 0. The van der Waals surface area contributed by atoms with Crippen molar-refractivity contribution in [1.82, 2.24) is 0 Å². The van der Waals surface area contributed by atoms with Gasteiger partial charge in [0.2, 0.25) is 0 Å². The highest BCUT2D eigenvalue weighted by Crippen LogP contribution is 2.31. The summed E-state index contributed by atoms with van der Waals surface area (Å²) in [6, 6.07) is 3.67. The predicted octanol–water partition coefficient (Wildman–Crippen LogP) is 1.72. The molecule has 4 nitrogen and oxygen atoms in total. The van der Waals surface area contributed by atoms with Crippen molar-refractivity contribution in [3.63, 3.8) is 0 Å². The lowest BCUT2D eigenvalue weighted by molar-refractivity contribution is 0.390. The SMILES string of the molecule is CCCS(=O)c1cc(OC)c(CCN)cc1OC. The van der Waals surface area contributed by atoms with E-state index in [1.54, 1.807) is 20.3 Å². The van der Waals surface area contributed by atoms with Crippen molar-refractivity contribution in [2.24, 2.45) is 5.73 Å². The minimum Gasteiger partial charge on any atom is -0.496 e. The van der Waals surface area contributed by atoms with E-state index in [2.05, 4.69) is 0 Å². The number of benzene rings is 1. The van der Waals surface area contributed by atoms with Crippen LogP contribution in [0.3, 0.4) is 0 Å². The van der Waals surface area contributed by atoms with Gasteiger partial charge in [0.05, 0.1) is 29.9 Å². The van der Waals surface area contributed by atoms with Crippen LogP contribution in [0, 0.1) is 0 Å². The Morgan fingerprint density at radius 2 is 1.89 bits per heavy atom. The predicted molar refractivity (Wildman–Crippen MR) is 73.9 cm³/mol. The van der Waals surface area contributed by atoms with Gasteiger partial charge in [0.15, 0.2) is 0 Å². The highest BCUT2D eigenvalue weighted by atomic mass is 32.2. The maximum Gasteiger partial charge on any atom is 0.135 e. The molecule has 1 aromatic carbocycles. The summed E-state index contributed by atoms with van der Waals surface area (Å²) in [7, 11) is 2.13. The molecule has 0 fully saturated rings. The molecule has 1 atom stereocenters. The number of hydrogen-bond acceptors (Lipinski definition) is 4. The summed E-state index contributed by atoms with van der Waals surface area (Å²) in [5.74, 6) is 1.99. The third-order valence-electron chi connectivity index (χ3n) is 2.62. The van der Waals surface area contributed by atoms with Crippen LogP contribution < -0.4 is 15.2 Å². The molecule has 1 aromatic rings. The van der Waals surface area contributed by atoms with Gasteiger partial charge in [-0.25, -0.2) is 0 Å². The number of hydrogen-bond donors (Lipinski definition) is 1. The molecule has 0 bridgehead atoms. The van der Waals surface area contributed by atoms with E-state index in [9.17, 15) is 4.21 Å². The molecular weight excluding hydrogens is 250 g/mol. The van der Waals surface area contributed by atoms with Gasteiger partial charge in [0, 0.05) is 11.8 Å². The van der Waals surface area contributed by atoms with E-state index in [1.165, 1.54) is 0 Å². The fourth-order valence-electron chi connectivity index (χ4n) is 1.76. The lowest BCUT2D eigenvalue weighted by Gasteiger charge is -2.14. The van der Waals surface area contributed by atoms with Crippen LogP contribution in [0.2, 0.25) is 0 Å². The Labute approximate surface area is 111 Å². The Kier molecular flexibility index (Phi) is 6.15. The second-order valence-corrected chi connectivity index (χ2v) is 5.44. The fourth-order valence-corrected chi connectivity index (χ4v) is 2.95. The van der Waals surface area contributed by atoms with Crippen molar-refractivity contribution in [2.45, 2.75) is 24.7 Å². The van der Waals surface area contributed by atoms with Gasteiger partial charge in [-0.15, -0.1) is 0 Å². The van der Waals surface area contributed by atoms with Crippen LogP contribution in [-0.4, -0.2) is 30.7 Å². The Bertz CT molecular complexity index is 421. The molecule has 0 saturated heterocycles. The Morgan fingerprint density at radius 3 is 2.39 bits per heavy atom. The largest absolute Gasteiger partial charge is 0.496 e. The molecule has 0 amide bonds. The van der Waals surface area contributed by atoms with Crippen LogP contribution in [0.15, 0.2) is 17.0 Å². The van der Waals surface area contributed by atoms with Gasteiger partial charge in [0.1, 0.15) is 11.5 Å². The molecule has 5 heteroatoms. The molecule has 0 heterocycles. The van der Waals surface area contributed by atoms with E-state index in [1.807, 2.05) is 13.0 Å². The molecule has 18 heavy (non-hydrogen) atoms.